The molecule has 0 fully saturated rings. The number of Topliss-reactive ketones (excluding diaryl/α,β-unsaturated/α-hetero) is 1. The summed E-state index contributed by atoms with van der Waals surface area (Å²) in [4.78, 5) is 28.3. The van der Waals surface area contributed by atoms with Crippen molar-refractivity contribution in [2.24, 2.45) is 0 Å². The quantitative estimate of drug-likeness (QED) is 0.415. The van der Waals surface area contributed by atoms with Crippen LogP contribution in [0.1, 0.15) is 42.9 Å². The van der Waals surface area contributed by atoms with Gasteiger partial charge in [-0.05, 0) is 50.6 Å². The average Bonchev–Trinajstić information content (AvgIpc) is 3.39. The van der Waals surface area contributed by atoms with Crippen LogP contribution >= 0.6 is 0 Å². The van der Waals surface area contributed by atoms with E-state index in [1.165, 1.54) is 12.0 Å². The van der Waals surface area contributed by atoms with Crippen LogP contribution in [-0.2, 0) is 9.53 Å². The minimum absolute atomic E-state index is 0.00472. The lowest BCUT2D eigenvalue weighted by atomic mass is 9.95. The molecule has 0 bridgehead atoms. The molecule has 1 unspecified atom stereocenters. The van der Waals surface area contributed by atoms with Crippen molar-refractivity contribution in [2.45, 2.75) is 32.9 Å². The number of methoxy groups -OCH3 is 1. The third kappa shape index (κ3) is 4.74. The molecule has 1 aliphatic rings. The third-order valence-electron chi connectivity index (χ3n) is 5.77. The first-order chi connectivity index (χ1) is 16.8. The fourth-order valence-electron chi connectivity index (χ4n) is 4.23. The van der Waals surface area contributed by atoms with Crippen LogP contribution in [0, 0.1) is 0 Å². The number of furan rings is 1. The summed E-state index contributed by atoms with van der Waals surface area (Å²) in [6.07, 6.45) is -0.0272. The van der Waals surface area contributed by atoms with Crippen molar-refractivity contribution in [3.8, 4) is 11.5 Å². The third-order valence-corrected chi connectivity index (χ3v) is 5.77. The molecule has 35 heavy (non-hydrogen) atoms. The van der Waals surface area contributed by atoms with E-state index in [0.717, 1.165) is 0 Å². The SMILES string of the molecule is CCOc1cccc(C2C(C(=O)c3cc4cccc(OC)c4o3)=C(O)C(=O)N2CCOC(C)C)c1. The van der Waals surface area contributed by atoms with Crippen molar-refractivity contribution >= 4 is 22.7 Å². The number of carbonyl (C=O) groups is 2. The molecule has 2 heterocycles. The highest BCUT2D eigenvalue weighted by Gasteiger charge is 2.44. The molecule has 0 saturated heterocycles. The topological polar surface area (TPSA) is 98.4 Å². The molecule has 0 spiro atoms. The number of para-hydroxylation sites is 1. The van der Waals surface area contributed by atoms with E-state index < -0.39 is 23.5 Å². The lowest BCUT2D eigenvalue weighted by molar-refractivity contribution is -0.130. The van der Waals surface area contributed by atoms with Gasteiger partial charge in [0, 0.05) is 11.9 Å². The van der Waals surface area contributed by atoms with Gasteiger partial charge in [-0.15, -0.1) is 0 Å². The number of aliphatic hydroxyl groups excluding tert-OH is 1. The first-order valence-corrected chi connectivity index (χ1v) is 11.5. The minimum Gasteiger partial charge on any atom is -0.503 e. The molecule has 4 rings (SSSR count). The molecule has 1 aliphatic heterocycles. The molecule has 2 aromatic carbocycles. The number of aliphatic hydroxyl groups is 1. The Morgan fingerprint density at radius 3 is 2.66 bits per heavy atom. The second kappa shape index (κ2) is 10.2. The van der Waals surface area contributed by atoms with Gasteiger partial charge in [0.1, 0.15) is 5.75 Å². The van der Waals surface area contributed by atoms with Gasteiger partial charge in [0.2, 0.25) is 5.78 Å². The van der Waals surface area contributed by atoms with Gasteiger partial charge < -0.3 is 28.6 Å². The smallest absolute Gasteiger partial charge is 0.290 e. The first-order valence-electron chi connectivity index (χ1n) is 11.5. The lowest BCUT2D eigenvalue weighted by Crippen LogP contribution is -2.34. The number of rotatable bonds is 10. The van der Waals surface area contributed by atoms with E-state index in [1.54, 1.807) is 48.5 Å². The highest BCUT2D eigenvalue weighted by atomic mass is 16.5. The van der Waals surface area contributed by atoms with Gasteiger partial charge in [-0.3, -0.25) is 9.59 Å². The second-order valence-electron chi connectivity index (χ2n) is 8.41. The zero-order valence-electron chi connectivity index (χ0n) is 20.2. The highest BCUT2D eigenvalue weighted by Crippen LogP contribution is 2.41. The van der Waals surface area contributed by atoms with Crippen LogP contribution in [0.5, 0.6) is 11.5 Å². The van der Waals surface area contributed by atoms with Gasteiger partial charge in [-0.2, -0.15) is 0 Å². The molecule has 0 aliphatic carbocycles. The van der Waals surface area contributed by atoms with Crippen molar-refractivity contribution in [1.82, 2.24) is 4.90 Å². The van der Waals surface area contributed by atoms with E-state index in [4.69, 9.17) is 18.6 Å². The Balaban J connectivity index is 1.77. The van der Waals surface area contributed by atoms with E-state index in [0.29, 0.717) is 34.6 Å². The molecule has 1 N–H and O–H groups in total. The Labute approximate surface area is 203 Å². The Morgan fingerprint density at radius 2 is 1.94 bits per heavy atom. The molecular formula is C27H29NO7. The minimum atomic E-state index is -0.832. The van der Waals surface area contributed by atoms with Gasteiger partial charge in [-0.1, -0.05) is 24.3 Å². The summed E-state index contributed by atoms with van der Waals surface area (Å²) in [6, 6.07) is 13.2. The van der Waals surface area contributed by atoms with Crippen molar-refractivity contribution in [2.75, 3.05) is 26.9 Å². The summed E-state index contributed by atoms with van der Waals surface area (Å²) in [5.74, 6) is -0.726. The number of amides is 1. The van der Waals surface area contributed by atoms with E-state index in [-0.39, 0.29) is 30.6 Å². The van der Waals surface area contributed by atoms with Crippen molar-refractivity contribution < 1.29 is 33.3 Å². The summed E-state index contributed by atoms with van der Waals surface area (Å²) in [6.45, 7) is 6.58. The maximum atomic E-state index is 13.7. The molecule has 3 aromatic rings. The summed E-state index contributed by atoms with van der Waals surface area (Å²) in [5.41, 5.74) is 1.00. The summed E-state index contributed by atoms with van der Waals surface area (Å²) < 4.78 is 22.5. The van der Waals surface area contributed by atoms with Gasteiger partial charge >= 0.3 is 0 Å². The number of nitrogens with zero attached hydrogens (tertiary/aromatic N) is 1. The molecule has 1 amide bonds. The predicted molar refractivity (Wildman–Crippen MR) is 130 cm³/mol. The first kappa shape index (κ1) is 24.3. The summed E-state index contributed by atoms with van der Waals surface area (Å²) in [7, 11) is 1.52. The maximum Gasteiger partial charge on any atom is 0.290 e. The van der Waals surface area contributed by atoms with Gasteiger partial charge in [-0.25, -0.2) is 0 Å². The van der Waals surface area contributed by atoms with Crippen LogP contribution in [0.15, 0.2) is 64.3 Å². The Bertz CT molecular complexity index is 1270. The fourth-order valence-corrected chi connectivity index (χ4v) is 4.23. The van der Waals surface area contributed by atoms with E-state index in [2.05, 4.69) is 0 Å². The Hall–Kier alpha value is -3.78. The van der Waals surface area contributed by atoms with Crippen molar-refractivity contribution in [3.05, 3.63) is 71.2 Å². The zero-order chi connectivity index (χ0) is 25.1. The van der Waals surface area contributed by atoms with Gasteiger partial charge in [0.25, 0.3) is 5.91 Å². The molecule has 8 heteroatoms. The monoisotopic (exact) mass is 479 g/mol. The molecule has 1 aromatic heterocycles. The number of benzene rings is 2. The second-order valence-corrected chi connectivity index (χ2v) is 8.41. The molecular weight excluding hydrogens is 450 g/mol. The van der Waals surface area contributed by atoms with Gasteiger partial charge in [0.15, 0.2) is 22.9 Å². The van der Waals surface area contributed by atoms with E-state index >= 15 is 0 Å². The maximum absolute atomic E-state index is 13.7. The van der Waals surface area contributed by atoms with Crippen LogP contribution < -0.4 is 9.47 Å². The number of ketones is 1. The van der Waals surface area contributed by atoms with Crippen LogP contribution in [0.3, 0.4) is 0 Å². The molecule has 0 radical (unpaired) electrons. The lowest BCUT2D eigenvalue weighted by Gasteiger charge is -2.27. The summed E-state index contributed by atoms with van der Waals surface area (Å²) in [5, 5.41) is 11.6. The van der Waals surface area contributed by atoms with Crippen LogP contribution in [0.2, 0.25) is 0 Å². The molecule has 1 atom stereocenters. The molecule has 184 valence electrons. The van der Waals surface area contributed by atoms with E-state index in [1.807, 2.05) is 20.8 Å². The Morgan fingerprint density at radius 1 is 1.17 bits per heavy atom. The zero-order valence-corrected chi connectivity index (χ0v) is 20.2. The normalized spacial score (nSPS) is 16.0. The number of hydrogen-bond donors (Lipinski definition) is 1. The fraction of sp³-hybridized carbons (Fsp3) is 0.333. The number of carbonyl (C=O) groups excluding carboxylic acids is 2. The Kier molecular flexibility index (Phi) is 7.12. The average molecular weight is 480 g/mol. The standard InChI is InChI=1S/C27H29NO7/c1-5-33-19-10-6-8-17(14-19)23-22(25(30)27(31)28(23)12-13-34-16(2)3)24(29)21-15-18-9-7-11-20(32-4)26(18)35-21/h6-11,14-16,23,30H,5,12-13H2,1-4H3. The van der Waals surface area contributed by atoms with E-state index in [9.17, 15) is 14.7 Å². The van der Waals surface area contributed by atoms with Crippen molar-refractivity contribution in [1.29, 1.82) is 0 Å². The molecule has 0 saturated carbocycles. The largest absolute Gasteiger partial charge is 0.503 e. The predicted octanol–water partition coefficient (Wildman–Crippen LogP) is 4.84. The van der Waals surface area contributed by atoms with Crippen LogP contribution in [0.4, 0.5) is 0 Å². The number of fused-ring (bicyclic) bond motifs is 1. The van der Waals surface area contributed by atoms with Crippen LogP contribution in [-0.4, -0.2) is 54.7 Å². The van der Waals surface area contributed by atoms with Crippen molar-refractivity contribution in [3.63, 3.8) is 0 Å². The van der Waals surface area contributed by atoms with Gasteiger partial charge in [0.05, 0.1) is 38.0 Å². The number of ether oxygens (including phenoxy) is 3. The number of hydrogen-bond acceptors (Lipinski definition) is 7. The van der Waals surface area contributed by atoms with Crippen LogP contribution in [0.25, 0.3) is 11.0 Å². The summed E-state index contributed by atoms with van der Waals surface area (Å²) >= 11 is 0. The molecule has 8 nitrogen and oxygen atoms in total. The highest BCUT2D eigenvalue weighted by molar-refractivity contribution is 6.16.